The minimum Gasteiger partial charge on any atom is -0.357 e. The maximum absolute atomic E-state index is 12.1. The summed E-state index contributed by atoms with van der Waals surface area (Å²) in [5.41, 5.74) is 3.48. The van der Waals surface area contributed by atoms with E-state index in [0.717, 1.165) is 37.8 Å². The molecule has 2 heterocycles. The summed E-state index contributed by atoms with van der Waals surface area (Å²) < 4.78 is 0. The van der Waals surface area contributed by atoms with E-state index in [9.17, 15) is 4.79 Å². The fourth-order valence-corrected chi connectivity index (χ4v) is 4.74. The fourth-order valence-electron chi connectivity index (χ4n) is 4.74. The van der Waals surface area contributed by atoms with Crippen molar-refractivity contribution in [3.8, 4) is 0 Å². The fraction of sp³-hybridized carbons (Fsp3) is 0.462. The van der Waals surface area contributed by atoms with Crippen molar-refractivity contribution in [2.45, 2.75) is 51.1 Å². The molecule has 2 atom stereocenters. The number of likely N-dealkylation sites (tertiary alicyclic amines) is 1. The number of hydrogen-bond donors (Lipinski definition) is 3. The van der Waals surface area contributed by atoms with Gasteiger partial charge < -0.3 is 16.0 Å². The molecule has 6 heteroatoms. The van der Waals surface area contributed by atoms with Crippen LogP contribution in [0.5, 0.6) is 0 Å². The normalized spacial score (nSPS) is 21.5. The molecule has 2 aromatic carbocycles. The van der Waals surface area contributed by atoms with Gasteiger partial charge in [0.2, 0.25) is 5.91 Å². The van der Waals surface area contributed by atoms with Crippen LogP contribution in [0.4, 0.5) is 5.69 Å². The van der Waals surface area contributed by atoms with Gasteiger partial charge in [-0.2, -0.15) is 0 Å². The van der Waals surface area contributed by atoms with Gasteiger partial charge in [-0.25, -0.2) is 0 Å². The topological polar surface area (TPSA) is 68.8 Å². The monoisotopic (exact) mass is 433 g/mol. The summed E-state index contributed by atoms with van der Waals surface area (Å²) in [5, 5.41) is 9.86. The molecule has 0 aromatic heterocycles. The molecule has 1 saturated heterocycles. The second-order valence-electron chi connectivity index (χ2n) is 8.74. The largest absolute Gasteiger partial charge is 0.357 e. The predicted octanol–water partition coefficient (Wildman–Crippen LogP) is 3.72. The molecule has 170 valence electrons. The Morgan fingerprint density at radius 2 is 1.91 bits per heavy atom. The number of carbonyl (C=O) groups excluding carboxylic acids is 1. The van der Waals surface area contributed by atoms with Crippen molar-refractivity contribution in [2.24, 2.45) is 4.99 Å². The number of piperidine rings is 1. The molecular formula is C26H35N5O. The van der Waals surface area contributed by atoms with Crippen molar-refractivity contribution in [1.82, 2.24) is 15.5 Å². The summed E-state index contributed by atoms with van der Waals surface area (Å²) in [6.07, 6.45) is 4.21. The molecule has 2 unspecified atom stereocenters. The Hall–Kier alpha value is -2.86. The van der Waals surface area contributed by atoms with Crippen molar-refractivity contribution in [3.05, 3.63) is 65.7 Å². The SMILES string of the molecule is CCNC(=NCC1CCCCN1Cc1ccccc1)NCC1CC(=O)Nc2ccccc21. The predicted molar refractivity (Wildman–Crippen MR) is 131 cm³/mol. The third-order valence-electron chi connectivity index (χ3n) is 6.40. The Kier molecular flexibility index (Phi) is 7.77. The molecule has 2 aromatic rings. The van der Waals surface area contributed by atoms with E-state index in [1.54, 1.807) is 0 Å². The van der Waals surface area contributed by atoms with Gasteiger partial charge in [-0.05, 0) is 43.5 Å². The van der Waals surface area contributed by atoms with Crippen molar-refractivity contribution < 1.29 is 4.79 Å². The molecule has 3 N–H and O–H groups in total. The van der Waals surface area contributed by atoms with E-state index in [-0.39, 0.29) is 11.8 Å². The van der Waals surface area contributed by atoms with E-state index in [1.807, 2.05) is 18.2 Å². The third kappa shape index (κ3) is 5.88. The van der Waals surface area contributed by atoms with Gasteiger partial charge in [0.05, 0.1) is 6.54 Å². The molecule has 1 fully saturated rings. The van der Waals surface area contributed by atoms with Crippen LogP contribution in [0.15, 0.2) is 59.6 Å². The van der Waals surface area contributed by atoms with Gasteiger partial charge in [0, 0.05) is 43.7 Å². The Bertz CT molecular complexity index is 913. The van der Waals surface area contributed by atoms with Crippen LogP contribution in [0.2, 0.25) is 0 Å². The average molecular weight is 434 g/mol. The summed E-state index contributed by atoms with van der Waals surface area (Å²) >= 11 is 0. The lowest BCUT2D eigenvalue weighted by Gasteiger charge is -2.35. The molecule has 0 spiro atoms. The molecule has 0 radical (unpaired) electrons. The van der Waals surface area contributed by atoms with E-state index in [1.165, 1.54) is 30.4 Å². The van der Waals surface area contributed by atoms with Crippen LogP contribution in [0.1, 0.15) is 49.7 Å². The highest BCUT2D eigenvalue weighted by atomic mass is 16.1. The first-order chi connectivity index (χ1) is 15.7. The van der Waals surface area contributed by atoms with E-state index in [4.69, 9.17) is 4.99 Å². The zero-order chi connectivity index (χ0) is 22.2. The quantitative estimate of drug-likeness (QED) is 0.460. The summed E-state index contributed by atoms with van der Waals surface area (Å²) in [7, 11) is 0. The summed E-state index contributed by atoms with van der Waals surface area (Å²) in [6, 6.07) is 19.3. The zero-order valence-electron chi connectivity index (χ0n) is 19.0. The standard InChI is InChI=1S/C26H35N5O/c1-2-27-26(28-17-21-16-25(32)30-24-14-7-6-13-23(21)24)29-18-22-12-8-9-15-31(22)19-20-10-4-3-5-11-20/h3-7,10-11,13-14,21-22H,2,8-9,12,15-19H2,1H3,(H,30,32)(H2,27,28,29). The Balaban J connectivity index is 1.38. The second kappa shape index (κ2) is 11.1. The third-order valence-corrected chi connectivity index (χ3v) is 6.40. The van der Waals surface area contributed by atoms with Crippen molar-refractivity contribution in [2.75, 3.05) is 31.5 Å². The molecule has 4 rings (SSSR count). The van der Waals surface area contributed by atoms with Gasteiger partial charge in [-0.3, -0.25) is 14.7 Å². The Labute approximate surface area is 191 Å². The van der Waals surface area contributed by atoms with Crippen LogP contribution in [0.3, 0.4) is 0 Å². The number of fused-ring (bicyclic) bond motifs is 1. The average Bonchev–Trinajstić information content (AvgIpc) is 2.82. The van der Waals surface area contributed by atoms with Crippen molar-refractivity contribution in [1.29, 1.82) is 0 Å². The van der Waals surface area contributed by atoms with Crippen LogP contribution in [0.25, 0.3) is 0 Å². The van der Waals surface area contributed by atoms with Crippen LogP contribution in [-0.2, 0) is 11.3 Å². The molecule has 0 aliphatic carbocycles. The van der Waals surface area contributed by atoms with Crippen LogP contribution in [-0.4, -0.2) is 49.0 Å². The molecule has 0 saturated carbocycles. The lowest BCUT2D eigenvalue weighted by Crippen LogP contribution is -2.44. The minimum atomic E-state index is 0.0798. The number of carbonyl (C=O) groups is 1. The van der Waals surface area contributed by atoms with Crippen LogP contribution >= 0.6 is 0 Å². The lowest BCUT2D eigenvalue weighted by atomic mass is 9.90. The van der Waals surface area contributed by atoms with Gasteiger partial charge in [-0.15, -0.1) is 0 Å². The summed E-state index contributed by atoms with van der Waals surface area (Å²) in [6.45, 7) is 6.49. The molecule has 6 nitrogen and oxygen atoms in total. The molecule has 0 bridgehead atoms. The number of benzene rings is 2. The molecule has 32 heavy (non-hydrogen) atoms. The van der Waals surface area contributed by atoms with Gasteiger partial charge in [0.25, 0.3) is 0 Å². The molecular weight excluding hydrogens is 398 g/mol. The Morgan fingerprint density at radius 3 is 2.75 bits per heavy atom. The smallest absolute Gasteiger partial charge is 0.225 e. The van der Waals surface area contributed by atoms with Gasteiger partial charge in [-0.1, -0.05) is 55.0 Å². The highest BCUT2D eigenvalue weighted by molar-refractivity contribution is 5.94. The van der Waals surface area contributed by atoms with Gasteiger partial charge >= 0.3 is 0 Å². The van der Waals surface area contributed by atoms with Gasteiger partial charge in [0.1, 0.15) is 0 Å². The van der Waals surface area contributed by atoms with E-state index < -0.39 is 0 Å². The van der Waals surface area contributed by atoms with Gasteiger partial charge in [0.15, 0.2) is 5.96 Å². The lowest BCUT2D eigenvalue weighted by molar-refractivity contribution is -0.116. The number of nitrogens with zero attached hydrogens (tertiary/aromatic N) is 2. The number of anilines is 1. The summed E-state index contributed by atoms with van der Waals surface area (Å²) in [4.78, 5) is 19.7. The maximum atomic E-state index is 12.1. The molecule has 1 amide bonds. The number of amides is 1. The van der Waals surface area contributed by atoms with Crippen molar-refractivity contribution in [3.63, 3.8) is 0 Å². The number of guanidine groups is 1. The minimum absolute atomic E-state index is 0.0798. The first kappa shape index (κ1) is 22.3. The van der Waals surface area contributed by atoms with Crippen LogP contribution in [0, 0.1) is 0 Å². The zero-order valence-corrected chi connectivity index (χ0v) is 19.0. The number of para-hydroxylation sites is 1. The number of aliphatic imine (C=N–C) groups is 1. The first-order valence-electron chi connectivity index (χ1n) is 11.9. The van der Waals surface area contributed by atoms with E-state index in [2.05, 4.69) is 64.2 Å². The Morgan fingerprint density at radius 1 is 1.09 bits per heavy atom. The van der Waals surface area contributed by atoms with E-state index in [0.29, 0.717) is 19.0 Å². The molecule has 2 aliphatic rings. The number of nitrogens with one attached hydrogen (secondary N) is 3. The highest BCUT2D eigenvalue weighted by Gasteiger charge is 2.25. The number of hydrogen-bond acceptors (Lipinski definition) is 3. The summed E-state index contributed by atoms with van der Waals surface area (Å²) in [5.74, 6) is 1.06. The highest BCUT2D eigenvalue weighted by Crippen LogP contribution is 2.31. The number of rotatable bonds is 7. The maximum Gasteiger partial charge on any atom is 0.225 e. The van der Waals surface area contributed by atoms with Crippen LogP contribution < -0.4 is 16.0 Å². The molecule has 2 aliphatic heterocycles. The first-order valence-corrected chi connectivity index (χ1v) is 11.9. The second-order valence-corrected chi connectivity index (χ2v) is 8.74. The van der Waals surface area contributed by atoms with Crippen molar-refractivity contribution >= 4 is 17.6 Å². The van der Waals surface area contributed by atoms with E-state index >= 15 is 0 Å².